The third-order valence-electron chi connectivity index (χ3n) is 3.66. The minimum Gasteiger partial charge on any atom is -0.380 e. The second-order valence-corrected chi connectivity index (χ2v) is 4.55. The molecule has 0 aromatic heterocycles. The predicted octanol–water partition coefficient (Wildman–Crippen LogP) is 1.56. The lowest BCUT2D eigenvalue weighted by Gasteiger charge is -2.43. The lowest BCUT2D eigenvalue weighted by Crippen LogP contribution is -2.47. The molecule has 2 nitrogen and oxygen atoms in total. The maximum absolute atomic E-state index is 5.32. The highest BCUT2D eigenvalue weighted by molar-refractivity contribution is 5.06. The monoisotopic (exact) mass is 169 g/mol. The van der Waals surface area contributed by atoms with Gasteiger partial charge >= 0.3 is 0 Å². The highest BCUT2D eigenvalue weighted by atomic mass is 16.5. The Balaban J connectivity index is 1.92. The van der Waals surface area contributed by atoms with Crippen LogP contribution in [0.5, 0.6) is 0 Å². The van der Waals surface area contributed by atoms with Gasteiger partial charge in [0.2, 0.25) is 0 Å². The van der Waals surface area contributed by atoms with E-state index in [1.165, 1.54) is 25.7 Å². The first-order valence-corrected chi connectivity index (χ1v) is 5.01. The molecule has 1 N–H and O–H groups in total. The summed E-state index contributed by atoms with van der Waals surface area (Å²) >= 11 is 0. The van der Waals surface area contributed by atoms with Crippen molar-refractivity contribution in [1.29, 1.82) is 0 Å². The summed E-state index contributed by atoms with van der Waals surface area (Å²) in [5.41, 5.74) is 1.03. The molecule has 1 heterocycles. The summed E-state index contributed by atoms with van der Waals surface area (Å²) in [6, 6.07) is 0. The quantitative estimate of drug-likeness (QED) is 0.689. The van der Waals surface area contributed by atoms with Crippen molar-refractivity contribution in [3.05, 3.63) is 0 Å². The molecule has 0 aromatic rings. The maximum Gasteiger partial charge on any atom is 0.0545 e. The fraction of sp³-hybridized carbons (Fsp3) is 1.00. The van der Waals surface area contributed by atoms with Gasteiger partial charge in [-0.2, -0.15) is 0 Å². The molecule has 0 unspecified atom stereocenters. The van der Waals surface area contributed by atoms with Crippen LogP contribution in [0.1, 0.15) is 32.6 Å². The summed E-state index contributed by atoms with van der Waals surface area (Å²) in [5, 5.41) is 3.46. The van der Waals surface area contributed by atoms with Crippen LogP contribution in [0.25, 0.3) is 0 Å². The summed E-state index contributed by atoms with van der Waals surface area (Å²) in [6.07, 6.45) is 5.33. The minimum absolute atomic E-state index is 0.500. The highest BCUT2D eigenvalue weighted by Gasteiger charge is 2.50. The Morgan fingerprint density at radius 1 is 1.33 bits per heavy atom. The number of rotatable bonds is 4. The first kappa shape index (κ1) is 8.52. The minimum atomic E-state index is 0.500. The van der Waals surface area contributed by atoms with Gasteiger partial charge in [0, 0.05) is 11.0 Å². The fourth-order valence-corrected chi connectivity index (χ4v) is 2.21. The lowest BCUT2D eigenvalue weighted by atomic mass is 9.76. The van der Waals surface area contributed by atoms with E-state index in [1.807, 2.05) is 0 Å². The molecule has 0 aromatic carbocycles. The first-order valence-electron chi connectivity index (χ1n) is 5.01. The van der Waals surface area contributed by atoms with Crippen molar-refractivity contribution in [1.82, 2.24) is 5.32 Å². The standard InChI is InChI=1S/C10H19NO/c1-3-9(7-12-8-9)6-10(11-2)4-5-10/h11H,3-8H2,1-2H3. The molecule has 2 rings (SSSR count). The average Bonchev–Trinajstić information content (AvgIpc) is 2.78. The maximum atomic E-state index is 5.32. The molecular weight excluding hydrogens is 150 g/mol. The number of hydrogen-bond donors (Lipinski definition) is 1. The van der Waals surface area contributed by atoms with E-state index >= 15 is 0 Å². The van der Waals surface area contributed by atoms with Gasteiger partial charge in [0.25, 0.3) is 0 Å². The summed E-state index contributed by atoms with van der Waals surface area (Å²) in [6.45, 7) is 4.27. The van der Waals surface area contributed by atoms with Gasteiger partial charge in [0.05, 0.1) is 13.2 Å². The Morgan fingerprint density at radius 3 is 2.25 bits per heavy atom. The molecule has 0 atom stereocenters. The molecule has 1 saturated carbocycles. The Kier molecular flexibility index (Phi) is 1.92. The van der Waals surface area contributed by atoms with Gasteiger partial charge in [-0.05, 0) is 32.7 Å². The molecule has 0 spiro atoms. The van der Waals surface area contributed by atoms with Crippen molar-refractivity contribution in [2.45, 2.75) is 38.1 Å². The van der Waals surface area contributed by atoms with E-state index in [-0.39, 0.29) is 0 Å². The van der Waals surface area contributed by atoms with Crippen LogP contribution in [0, 0.1) is 5.41 Å². The molecule has 2 heteroatoms. The van der Waals surface area contributed by atoms with E-state index in [9.17, 15) is 0 Å². The van der Waals surface area contributed by atoms with E-state index < -0.39 is 0 Å². The summed E-state index contributed by atoms with van der Waals surface area (Å²) in [4.78, 5) is 0. The Bertz CT molecular complexity index is 165. The van der Waals surface area contributed by atoms with E-state index in [0.29, 0.717) is 11.0 Å². The normalized spacial score (nSPS) is 29.5. The largest absolute Gasteiger partial charge is 0.380 e. The predicted molar refractivity (Wildman–Crippen MR) is 49.2 cm³/mol. The second kappa shape index (κ2) is 2.71. The first-order chi connectivity index (χ1) is 5.74. The van der Waals surface area contributed by atoms with Crippen molar-refractivity contribution < 1.29 is 4.74 Å². The second-order valence-electron chi connectivity index (χ2n) is 4.55. The number of ether oxygens (including phenoxy) is 1. The Morgan fingerprint density at radius 2 is 2.00 bits per heavy atom. The van der Waals surface area contributed by atoms with Gasteiger partial charge in [-0.3, -0.25) is 0 Å². The topological polar surface area (TPSA) is 21.3 Å². The van der Waals surface area contributed by atoms with Gasteiger partial charge in [-0.25, -0.2) is 0 Å². The van der Waals surface area contributed by atoms with Gasteiger partial charge in [-0.1, -0.05) is 6.92 Å². The molecule has 1 aliphatic carbocycles. The smallest absolute Gasteiger partial charge is 0.0545 e. The third-order valence-corrected chi connectivity index (χ3v) is 3.66. The summed E-state index contributed by atoms with van der Waals surface area (Å²) < 4.78 is 5.32. The van der Waals surface area contributed by atoms with E-state index in [0.717, 1.165) is 13.2 Å². The average molecular weight is 169 g/mol. The molecule has 12 heavy (non-hydrogen) atoms. The van der Waals surface area contributed by atoms with Gasteiger partial charge in [0.15, 0.2) is 0 Å². The number of hydrogen-bond acceptors (Lipinski definition) is 2. The third kappa shape index (κ3) is 1.27. The van der Waals surface area contributed by atoms with Crippen molar-refractivity contribution in [3.8, 4) is 0 Å². The Labute approximate surface area is 74.7 Å². The van der Waals surface area contributed by atoms with Crippen molar-refractivity contribution in [3.63, 3.8) is 0 Å². The summed E-state index contributed by atoms with van der Waals surface area (Å²) in [7, 11) is 2.09. The lowest BCUT2D eigenvalue weighted by molar-refractivity contribution is -0.124. The zero-order valence-electron chi connectivity index (χ0n) is 8.15. The van der Waals surface area contributed by atoms with Crippen LogP contribution in [-0.4, -0.2) is 25.8 Å². The van der Waals surface area contributed by atoms with Crippen molar-refractivity contribution >= 4 is 0 Å². The summed E-state index contributed by atoms with van der Waals surface area (Å²) in [5.74, 6) is 0. The molecule has 0 amide bonds. The zero-order chi connectivity index (χ0) is 8.66. The molecule has 0 bridgehead atoms. The molecule has 0 radical (unpaired) electrons. The molecule has 1 aliphatic heterocycles. The van der Waals surface area contributed by atoms with Gasteiger partial charge in [-0.15, -0.1) is 0 Å². The molecule has 1 saturated heterocycles. The van der Waals surface area contributed by atoms with Crippen LogP contribution in [-0.2, 0) is 4.74 Å². The SMILES string of the molecule is CCC1(CC2(NC)CC2)COC1. The van der Waals surface area contributed by atoms with Crippen LogP contribution >= 0.6 is 0 Å². The molecule has 70 valence electrons. The molecule has 2 aliphatic rings. The number of nitrogens with one attached hydrogen (secondary N) is 1. The van der Waals surface area contributed by atoms with Crippen LogP contribution in [0.3, 0.4) is 0 Å². The van der Waals surface area contributed by atoms with Gasteiger partial charge in [0.1, 0.15) is 0 Å². The fourth-order valence-electron chi connectivity index (χ4n) is 2.21. The van der Waals surface area contributed by atoms with E-state index in [2.05, 4.69) is 19.3 Å². The van der Waals surface area contributed by atoms with Gasteiger partial charge < -0.3 is 10.1 Å². The highest BCUT2D eigenvalue weighted by Crippen LogP contribution is 2.48. The van der Waals surface area contributed by atoms with Crippen LogP contribution in [0.2, 0.25) is 0 Å². The van der Waals surface area contributed by atoms with Crippen molar-refractivity contribution in [2.75, 3.05) is 20.3 Å². The van der Waals surface area contributed by atoms with Crippen LogP contribution in [0.15, 0.2) is 0 Å². The van der Waals surface area contributed by atoms with Crippen LogP contribution in [0.4, 0.5) is 0 Å². The zero-order valence-corrected chi connectivity index (χ0v) is 8.15. The van der Waals surface area contributed by atoms with E-state index in [4.69, 9.17) is 4.74 Å². The Hall–Kier alpha value is -0.0800. The van der Waals surface area contributed by atoms with Crippen LogP contribution < -0.4 is 5.32 Å². The van der Waals surface area contributed by atoms with Crippen molar-refractivity contribution in [2.24, 2.45) is 5.41 Å². The molecular formula is C10H19NO. The molecule has 2 fully saturated rings. The van der Waals surface area contributed by atoms with E-state index in [1.54, 1.807) is 0 Å².